The van der Waals surface area contributed by atoms with E-state index in [4.69, 9.17) is 4.89 Å². The monoisotopic (exact) mass is 154 g/mol. The third kappa shape index (κ3) is 3.66. The first-order chi connectivity index (χ1) is 3.98. The van der Waals surface area contributed by atoms with E-state index in [9.17, 15) is 8.76 Å². The van der Waals surface area contributed by atoms with Crippen LogP contribution in [0.2, 0.25) is 0 Å². The summed E-state index contributed by atoms with van der Waals surface area (Å²) in [4.78, 5) is 8.31. The molecule has 0 fully saturated rings. The van der Waals surface area contributed by atoms with Crippen LogP contribution in [0.5, 0.6) is 0 Å². The average molecular weight is 154 g/mol. The van der Waals surface area contributed by atoms with Gasteiger partial charge in [-0.1, -0.05) is 20.3 Å². The number of rotatable bonds is 3. The molecular formula is C5H12FO2P. The quantitative estimate of drug-likeness (QED) is 0.633. The van der Waals surface area contributed by atoms with E-state index in [-0.39, 0.29) is 0 Å². The second-order valence-corrected chi connectivity index (χ2v) is 4.15. The van der Waals surface area contributed by atoms with Crippen molar-refractivity contribution in [1.82, 2.24) is 0 Å². The van der Waals surface area contributed by atoms with Gasteiger partial charge in [0.25, 0.3) is 0 Å². The Hall–Kier alpha value is 0.120. The van der Waals surface area contributed by atoms with Gasteiger partial charge in [-0.2, -0.15) is 4.20 Å². The van der Waals surface area contributed by atoms with E-state index >= 15 is 0 Å². The number of hydrogen-bond acceptors (Lipinski definition) is 1. The summed E-state index contributed by atoms with van der Waals surface area (Å²) in [5, 5.41) is 0. The van der Waals surface area contributed by atoms with Crippen LogP contribution in [0.1, 0.15) is 26.7 Å². The molecule has 0 aromatic heterocycles. The molecule has 0 rings (SSSR count). The zero-order valence-electron chi connectivity index (χ0n) is 5.67. The van der Waals surface area contributed by atoms with Crippen molar-refractivity contribution in [2.45, 2.75) is 32.3 Å². The first kappa shape index (κ1) is 9.12. The second-order valence-electron chi connectivity index (χ2n) is 2.18. The average Bonchev–Trinajstić information content (AvgIpc) is 1.64. The minimum Gasteiger partial charge on any atom is -0.321 e. The van der Waals surface area contributed by atoms with Crippen LogP contribution in [-0.4, -0.2) is 10.6 Å². The number of hydrogen-bond donors (Lipinski definition) is 1. The molecule has 0 bridgehead atoms. The van der Waals surface area contributed by atoms with Gasteiger partial charge in [0.15, 0.2) is 0 Å². The molecule has 0 aliphatic rings. The third-order valence-electron chi connectivity index (χ3n) is 1.25. The van der Waals surface area contributed by atoms with Gasteiger partial charge in [0.1, 0.15) is 0 Å². The molecule has 1 N–H and O–H groups in total. The van der Waals surface area contributed by atoms with E-state index in [1.165, 1.54) is 6.92 Å². The molecule has 0 saturated carbocycles. The molecule has 0 amide bonds. The Bertz CT molecular complexity index is 120. The highest BCUT2D eigenvalue weighted by molar-refractivity contribution is 7.53. The Kier molecular flexibility index (Phi) is 3.37. The smallest absolute Gasteiger partial charge is 0.321 e. The normalized spacial score (nSPS) is 20.9. The Balaban J connectivity index is 3.74. The SMILES string of the molecule is CCCC(C)P(=O)(O)F. The van der Waals surface area contributed by atoms with Gasteiger partial charge < -0.3 is 4.89 Å². The van der Waals surface area contributed by atoms with E-state index in [1.54, 1.807) is 0 Å². The maximum atomic E-state index is 12.1. The van der Waals surface area contributed by atoms with Gasteiger partial charge in [0.05, 0.1) is 5.66 Å². The predicted molar refractivity (Wildman–Crippen MR) is 35.3 cm³/mol. The minimum absolute atomic E-state index is 0.476. The molecule has 0 radical (unpaired) electrons. The maximum Gasteiger partial charge on any atom is 0.367 e. The molecule has 0 saturated heterocycles. The highest BCUT2D eigenvalue weighted by Gasteiger charge is 2.24. The van der Waals surface area contributed by atoms with Crippen molar-refractivity contribution in [3.05, 3.63) is 0 Å². The maximum absolute atomic E-state index is 12.1. The highest BCUT2D eigenvalue weighted by atomic mass is 31.2. The molecule has 9 heavy (non-hydrogen) atoms. The molecule has 0 heterocycles. The topological polar surface area (TPSA) is 37.3 Å². The first-order valence-corrected chi connectivity index (χ1v) is 4.62. The summed E-state index contributed by atoms with van der Waals surface area (Å²) < 4.78 is 22.3. The van der Waals surface area contributed by atoms with Crippen LogP contribution in [-0.2, 0) is 4.57 Å². The van der Waals surface area contributed by atoms with Crippen molar-refractivity contribution < 1.29 is 13.7 Å². The zero-order chi connectivity index (χ0) is 7.49. The van der Waals surface area contributed by atoms with Crippen LogP contribution in [0.25, 0.3) is 0 Å². The molecule has 0 aliphatic carbocycles. The molecule has 0 aliphatic heterocycles. The molecule has 0 aromatic rings. The lowest BCUT2D eigenvalue weighted by Crippen LogP contribution is -1.98. The van der Waals surface area contributed by atoms with Crippen molar-refractivity contribution in [2.24, 2.45) is 0 Å². The molecular weight excluding hydrogens is 142 g/mol. The van der Waals surface area contributed by atoms with Gasteiger partial charge in [-0.25, -0.2) is 0 Å². The lowest BCUT2D eigenvalue weighted by molar-refractivity contribution is 0.411. The second kappa shape index (κ2) is 3.33. The fourth-order valence-electron chi connectivity index (χ4n) is 0.577. The fourth-order valence-corrected chi connectivity index (χ4v) is 1.15. The highest BCUT2D eigenvalue weighted by Crippen LogP contribution is 2.49. The summed E-state index contributed by atoms with van der Waals surface area (Å²) >= 11 is 0. The molecule has 2 nitrogen and oxygen atoms in total. The van der Waals surface area contributed by atoms with Crippen LogP contribution in [0.15, 0.2) is 0 Å². The zero-order valence-corrected chi connectivity index (χ0v) is 6.57. The summed E-state index contributed by atoms with van der Waals surface area (Å²) in [5.41, 5.74) is -0.692. The lowest BCUT2D eigenvalue weighted by atomic mass is 10.3. The van der Waals surface area contributed by atoms with Gasteiger partial charge in [-0.3, -0.25) is 4.57 Å². The largest absolute Gasteiger partial charge is 0.367 e. The molecule has 0 spiro atoms. The molecule has 2 unspecified atom stereocenters. The van der Waals surface area contributed by atoms with Crippen molar-refractivity contribution in [3.8, 4) is 0 Å². The summed E-state index contributed by atoms with van der Waals surface area (Å²) in [6, 6.07) is 0. The van der Waals surface area contributed by atoms with Crippen LogP contribution < -0.4 is 0 Å². The van der Waals surface area contributed by atoms with Crippen LogP contribution >= 0.6 is 7.68 Å². The van der Waals surface area contributed by atoms with E-state index in [1.807, 2.05) is 6.92 Å². The lowest BCUT2D eigenvalue weighted by Gasteiger charge is -2.08. The van der Waals surface area contributed by atoms with Gasteiger partial charge in [0.2, 0.25) is 0 Å². The van der Waals surface area contributed by atoms with Gasteiger partial charge in [0, 0.05) is 0 Å². The van der Waals surface area contributed by atoms with E-state index in [0.29, 0.717) is 6.42 Å². The molecule has 2 atom stereocenters. The van der Waals surface area contributed by atoms with E-state index in [2.05, 4.69) is 0 Å². The summed E-state index contributed by atoms with van der Waals surface area (Å²) in [6.07, 6.45) is 1.22. The molecule has 56 valence electrons. The van der Waals surface area contributed by atoms with Gasteiger partial charge in [-0.05, 0) is 6.42 Å². The summed E-state index contributed by atoms with van der Waals surface area (Å²) in [6.45, 7) is 3.30. The van der Waals surface area contributed by atoms with Crippen LogP contribution in [0.4, 0.5) is 4.20 Å². The van der Waals surface area contributed by atoms with E-state index in [0.717, 1.165) is 6.42 Å². The van der Waals surface area contributed by atoms with Gasteiger partial charge in [-0.15, -0.1) is 0 Å². The third-order valence-corrected chi connectivity index (χ3v) is 2.60. The Morgan fingerprint density at radius 2 is 2.22 bits per heavy atom. The van der Waals surface area contributed by atoms with Crippen LogP contribution in [0, 0.1) is 0 Å². The summed E-state index contributed by atoms with van der Waals surface area (Å²) in [7, 11) is -4.27. The molecule has 4 heteroatoms. The van der Waals surface area contributed by atoms with E-state index < -0.39 is 13.3 Å². The van der Waals surface area contributed by atoms with Gasteiger partial charge >= 0.3 is 7.68 Å². The predicted octanol–water partition coefficient (Wildman–Crippen LogP) is 2.33. The standard InChI is InChI=1S/C5H12FO2P/c1-3-4-5(2)9(6,7)8/h5H,3-4H2,1-2H3,(H,7,8). The minimum atomic E-state index is -4.27. The summed E-state index contributed by atoms with van der Waals surface area (Å²) in [5.74, 6) is 0. The first-order valence-electron chi connectivity index (χ1n) is 3.00. The van der Waals surface area contributed by atoms with Crippen molar-refractivity contribution >= 4 is 7.68 Å². The fraction of sp³-hybridized carbons (Fsp3) is 1.00. The van der Waals surface area contributed by atoms with Crippen LogP contribution in [0.3, 0.4) is 0 Å². The van der Waals surface area contributed by atoms with Crippen molar-refractivity contribution in [2.75, 3.05) is 0 Å². The van der Waals surface area contributed by atoms with Crippen molar-refractivity contribution in [1.29, 1.82) is 0 Å². The Morgan fingerprint density at radius 1 is 1.78 bits per heavy atom. The number of halogens is 1. The molecule has 0 aromatic carbocycles. The van der Waals surface area contributed by atoms with Crippen molar-refractivity contribution in [3.63, 3.8) is 0 Å². The Labute approximate surface area is 54.7 Å². The Morgan fingerprint density at radius 3 is 2.33 bits per heavy atom.